The van der Waals surface area contributed by atoms with Crippen molar-refractivity contribution in [3.8, 4) is 0 Å². The standard InChI is InChI=1S/C14H14F2N2O/c1-8-5-12(9(2)18-17-8)14(19)6-10-3-4-11(15)7-13(10)16/h3-5,7,14,19H,6H2,1-2H3. The Bertz CT molecular complexity index is 602. The van der Waals surface area contributed by atoms with Gasteiger partial charge in [0, 0.05) is 18.1 Å². The molecule has 2 rings (SSSR count). The molecule has 0 bridgehead atoms. The molecule has 3 nitrogen and oxygen atoms in total. The number of aromatic nitrogens is 2. The Morgan fingerprint density at radius 2 is 1.89 bits per heavy atom. The topological polar surface area (TPSA) is 46.0 Å². The molecular weight excluding hydrogens is 250 g/mol. The minimum atomic E-state index is -0.894. The van der Waals surface area contributed by atoms with Crippen molar-refractivity contribution in [2.24, 2.45) is 0 Å². The van der Waals surface area contributed by atoms with Gasteiger partial charge < -0.3 is 5.11 Å². The van der Waals surface area contributed by atoms with Gasteiger partial charge in [-0.15, -0.1) is 0 Å². The molecule has 1 aromatic carbocycles. The Hall–Kier alpha value is -1.88. The fraction of sp³-hybridized carbons (Fsp3) is 0.286. The van der Waals surface area contributed by atoms with Crippen LogP contribution in [0.5, 0.6) is 0 Å². The van der Waals surface area contributed by atoms with Crippen LogP contribution in [0, 0.1) is 25.5 Å². The average molecular weight is 264 g/mol. The highest BCUT2D eigenvalue weighted by Gasteiger charge is 2.15. The van der Waals surface area contributed by atoms with Gasteiger partial charge in [0.15, 0.2) is 0 Å². The lowest BCUT2D eigenvalue weighted by Gasteiger charge is -2.13. The van der Waals surface area contributed by atoms with Gasteiger partial charge >= 0.3 is 0 Å². The van der Waals surface area contributed by atoms with E-state index in [2.05, 4.69) is 10.2 Å². The van der Waals surface area contributed by atoms with Crippen molar-refractivity contribution >= 4 is 0 Å². The van der Waals surface area contributed by atoms with Crippen molar-refractivity contribution in [2.45, 2.75) is 26.4 Å². The van der Waals surface area contributed by atoms with Gasteiger partial charge in [-0.3, -0.25) is 0 Å². The minimum absolute atomic E-state index is 0.0675. The highest BCUT2D eigenvalue weighted by Crippen LogP contribution is 2.22. The number of hydrogen-bond acceptors (Lipinski definition) is 3. The summed E-state index contributed by atoms with van der Waals surface area (Å²) < 4.78 is 26.3. The molecule has 0 aliphatic carbocycles. The molecule has 5 heteroatoms. The van der Waals surface area contributed by atoms with Gasteiger partial charge in [0.05, 0.1) is 17.5 Å². The maximum absolute atomic E-state index is 13.5. The van der Waals surface area contributed by atoms with E-state index in [1.165, 1.54) is 12.1 Å². The fourth-order valence-electron chi connectivity index (χ4n) is 1.91. The van der Waals surface area contributed by atoms with Crippen molar-refractivity contribution in [1.29, 1.82) is 0 Å². The number of aliphatic hydroxyl groups excluding tert-OH is 1. The van der Waals surface area contributed by atoms with Crippen LogP contribution in [0.25, 0.3) is 0 Å². The van der Waals surface area contributed by atoms with Crippen molar-refractivity contribution in [3.05, 3.63) is 58.4 Å². The summed E-state index contributed by atoms with van der Waals surface area (Å²) in [4.78, 5) is 0. The number of halogens is 2. The normalized spacial score (nSPS) is 12.5. The summed E-state index contributed by atoms with van der Waals surface area (Å²) in [5.74, 6) is -1.29. The molecule has 19 heavy (non-hydrogen) atoms. The summed E-state index contributed by atoms with van der Waals surface area (Å²) in [5.41, 5.74) is 2.15. The lowest BCUT2D eigenvalue weighted by atomic mass is 10.00. The van der Waals surface area contributed by atoms with E-state index in [4.69, 9.17) is 0 Å². The number of benzene rings is 1. The highest BCUT2D eigenvalue weighted by molar-refractivity contribution is 5.26. The van der Waals surface area contributed by atoms with E-state index in [0.717, 1.165) is 6.07 Å². The Balaban J connectivity index is 2.25. The second-order valence-electron chi connectivity index (χ2n) is 4.48. The largest absolute Gasteiger partial charge is 0.388 e. The first-order chi connectivity index (χ1) is 8.97. The molecule has 0 aliphatic rings. The van der Waals surface area contributed by atoms with Crippen LogP contribution < -0.4 is 0 Å². The van der Waals surface area contributed by atoms with E-state index in [1.807, 2.05) is 0 Å². The highest BCUT2D eigenvalue weighted by atomic mass is 19.1. The Morgan fingerprint density at radius 3 is 2.58 bits per heavy atom. The molecule has 0 amide bonds. The number of aryl methyl sites for hydroxylation is 2. The van der Waals surface area contributed by atoms with Crippen LogP contribution in [0.4, 0.5) is 8.78 Å². The fourth-order valence-corrected chi connectivity index (χ4v) is 1.91. The molecule has 100 valence electrons. The predicted octanol–water partition coefficient (Wildman–Crippen LogP) is 2.65. The average Bonchev–Trinajstić information content (AvgIpc) is 2.35. The molecule has 1 atom stereocenters. The maximum Gasteiger partial charge on any atom is 0.129 e. The third-order valence-electron chi connectivity index (χ3n) is 2.93. The van der Waals surface area contributed by atoms with Crippen LogP contribution in [0.3, 0.4) is 0 Å². The molecule has 0 fully saturated rings. The number of hydrogen-bond donors (Lipinski definition) is 1. The van der Waals surface area contributed by atoms with Crippen molar-refractivity contribution < 1.29 is 13.9 Å². The van der Waals surface area contributed by atoms with Gasteiger partial charge in [0.25, 0.3) is 0 Å². The van der Waals surface area contributed by atoms with Gasteiger partial charge in [-0.2, -0.15) is 10.2 Å². The number of rotatable bonds is 3. The summed E-state index contributed by atoms with van der Waals surface area (Å²) in [6.07, 6.45) is -0.827. The molecule has 2 aromatic rings. The summed E-state index contributed by atoms with van der Waals surface area (Å²) in [6, 6.07) is 5.04. The van der Waals surface area contributed by atoms with Crippen LogP contribution >= 0.6 is 0 Å². The second-order valence-corrected chi connectivity index (χ2v) is 4.48. The van der Waals surface area contributed by atoms with Crippen molar-refractivity contribution in [2.75, 3.05) is 0 Å². The first-order valence-corrected chi connectivity index (χ1v) is 5.90. The first kappa shape index (κ1) is 13.5. The monoisotopic (exact) mass is 264 g/mol. The van der Waals surface area contributed by atoms with Crippen molar-refractivity contribution in [1.82, 2.24) is 10.2 Å². The molecule has 0 spiro atoms. The third kappa shape index (κ3) is 3.12. The van der Waals surface area contributed by atoms with Gasteiger partial charge in [0.2, 0.25) is 0 Å². The van der Waals surface area contributed by atoms with Gasteiger partial charge in [-0.1, -0.05) is 6.07 Å². The van der Waals surface area contributed by atoms with E-state index in [1.54, 1.807) is 19.9 Å². The van der Waals surface area contributed by atoms with Gasteiger partial charge in [-0.05, 0) is 31.5 Å². The molecule has 0 radical (unpaired) electrons. The quantitative estimate of drug-likeness (QED) is 0.927. The van der Waals surface area contributed by atoms with E-state index in [9.17, 15) is 13.9 Å². The summed E-state index contributed by atoms with van der Waals surface area (Å²) in [7, 11) is 0. The summed E-state index contributed by atoms with van der Waals surface area (Å²) in [6.45, 7) is 3.49. The van der Waals surface area contributed by atoms with Gasteiger partial charge in [-0.25, -0.2) is 8.78 Å². The first-order valence-electron chi connectivity index (χ1n) is 5.90. The van der Waals surface area contributed by atoms with E-state index in [0.29, 0.717) is 17.0 Å². The summed E-state index contributed by atoms with van der Waals surface area (Å²) >= 11 is 0. The summed E-state index contributed by atoms with van der Waals surface area (Å²) in [5, 5.41) is 17.9. The molecule has 0 aliphatic heterocycles. The number of aliphatic hydroxyl groups is 1. The lowest BCUT2D eigenvalue weighted by Crippen LogP contribution is -2.08. The zero-order chi connectivity index (χ0) is 14.0. The molecule has 1 unspecified atom stereocenters. The Morgan fingerprint density at radius 1 is 1.16 bits per heavy atom. The van der Waals surface area contributed by atoms with Crippen LogP contribution in [0.15, 0.2) is 24.3 Å². The molecule has 1 aromatic heterocycles. The zero-order valence-corrected chi connectivity index (χ0v) is 10.7. The molecule has 0 saturated heterocycles. The minimum Gasteiger partial charge on any atom is -0.388 e. The molecule has 1 N–H and O–H groups in total. The predicted molar refractivity (Wildman–Crippen MR) is 66.5 cm³/mol. The second kappa shape index (κ2) is 5.40. The number of nitrogens with zero attached hydrogens (tertiary/aromatic N) is 2. The zero-order valence-electron chi connectivity index (χ0n) is 10.7. The molecular formula is C14H14F2N2O. The van der Waals surface area contributed by atoms with Crippen LogP contribution in [-0.2, 0) is 6.42 Å². The van der Waals surface area contributed by atoms with Crippen LogP contribution in [0.2, 0.25) is 0 Å². The molecule has 1 heterocycles. The smallest absolute Gasteiger partial charge is 0.129 e. The maximum atomic E-state index is 13.5. The van der Waals surface area contributed by atoms with E-state index in [-0.39, 0.29) is 12.0 Å². The third-order valence-corrected chi connectivity index (χ3v) is 2.93. The Kier molecular flexibility index (Phi) is 3.85. The van der Waals surface area contributed by atoms with Gasteiger partial charge in [0.1, 0.15) is 11.6 Å². The van der Waals surface area contributed by atoms with Crippen LogP contribution in [-0.4, -0.2) is 15.3 Å². The molecule has 0 saturated carbocycles. The Labute approximate surface area is 109 Å². The van der Waals surface area contributed by atoms with E-state index < -0.39 is 17.7 Å². The van der Waals surface area contributed by atoms with Crippen LogP contribution in [0.1, 0.15) is 28.6 Å². The van der Waals surface area contributed by atoms with E-state index >= 15 is 0 Å². The SMILES string of the molecule is Cc1cc(C(O)Cc2ccc(F)cc2F)c(C)nn1. The van der Waals surface area contributed by atoms with Crippen molar-refractivity contribution in [3.63, 3.8) is 0 Å². The lowest BCUT2D eigenvalue weighted by molar-refractivity contribution is 0.175.